The molecule has 1 aliphatic carbocycles. The zero-order valence-corrected chi connectivity index (χ0v) is 16.6. The number of carbonyl (C=O) groups excluding carboxylic acids is 3. The summed E-state index contributed by atoms with van der Waals surface area (Å²) in [5.74, 6) is -1.73. The summed E-state index contributed by atoms with van der Waals surface area (Å²) < 4.78 is 5.09. The van der Waals surface area contributed by atoms with E-state index in [-0.39, 0.29) is 30.3 Å². The van der Waals surface area contributed by atoms with E-state index >= 15 is 0 Å². The van der Waals surface area contributed by atoms with Crippen LogP contribution in [0.3, 0.4) is 0 Å². The number of rotatable bonds is 6. The third-order valence-corrected chi connectivity index (χ3v) is 4.90. The van der Waals surface area contributed by atoms with Crippen molar-refractivity contribution < 1.29 is 19.1 Å². The zero-order valence-electron chi connectivity index (χ0n) is 16.6. The van der Waals surface area contributed by atoms with E-state index in [1.165, 1.54) is 0 Å². The number of methoxy groups -OCH3 is 1. The van der Waals surface area contributed by atoms with Crippen molar-refractivity contribution in [2.45, 2.75) is 58.9 Å². The Labute approximate surface area is 155 Å². The Bertz CT molecular complexity index is 713. The Kier molecular flexibility index (Phi) is 6.02. The topological polar surface area (TPSA) is 72.5 Å². The number of Topliss-reactive ketones (excluding diaryl/α,β-unsaturated/α-hetero) is 2. The van der Waals surface area contributed by atoms with E-state index < -0.39 is 17.4 Å². The highest BCUT2D eigenvalue weighted by atomic mass is 16.5. The van der Waals surface area contributed by atoms with Crippen LogP contribution in [0.5, 0.6) is 0 Å². The largest absolute Gasteiger partial charge is 0.382 e. The molecule has 5 nitrogen and oxygen atoms in total. The standard InChI is InChI=1S/C21H29NO4/c1-12-7-13(2)18(14(3)8-12)19-16(23)9-15(20(19)25)10-17(24)22-21(4,5)11-26-6/h7-8,15,19H,9-11H2,1-6H3,(H,22,24). The van der Waals surface area contributed by atoms with Crippen molar-refractivity contribution in [2.24, 2.45) is 5.92 Å². The molecule has 0 aliphatic heterocycles. The van der Waals surface area contributed by atoms with Crippen LogP contribution in [0, 0.1) is 26.7 Å². The second-order valence-electron chi connectivity index (χ2n) is 8.08. The molecular formula is C21H29NO4. The summed E-state index contributed by atoms with van der Waals surface area (Å²) in [5.41, 5.74) is 3.33. The molecule has 5 heteroatoms. The molecule has 1 fully saturated rings. The van der Waals surface area contributed by atoms with Crippen molar-refractivity contribution in [1.29, 1.82) is 0 Å². The van der Waals surface area contributed by atoms with Gasteiger partial charge in [-0.25, -0.2) is 0 Å². The van der Waals surface area contributed by atoms with Gasteiger partial charge in [0.15, 0.2) is 5.78 Å². The summed E-state index contributed by atoms with van der Waals surface area (Å²) in [4.78, 5) is 37.8. The summed E-state index contributed by atoms with van der Waals surface area (Å²) in [6, 6.07) is 3.99. The minimum absolute atomic E-state index is 0.0399. The minimum atomic E-state index is -0.736. The molecule has 26 heavy (non-hydrogen) atoms. The summed E-state index contributed by atoms with van der Waals surface area (Å²) in [6.07, 6.45) is 0.173. The van der Waals surface area contributed by atoms with Crippen LogP contribution in [-0.2, 0) is 19.1 Å². The summed E-state index contributed by atoms with van der Waals surface area (Å²) in [5, 5.41) is 2.88. The Morgan fingerprint density at radius 3 is 2.31 bits per heavy atom. The second kappa shape index (κ2) is 7.70. The number of ether oxygens (including phenoxy) is 1. The van der Waals surface area contributed by atoms with Gasteiger partial charge in [-0.3, -0.25) is 14.4 Å². The molecule has 1 aliphatic rings. The Morgan fingerprint density at radius 2 is 1.77 bits per heavy atom. The first-order chi connectivity index (χ1) is 12.1. The number of carbonyl (C=O) groups is 3. The molecule has 1 aromatic rings. The number of amides is 1. The number of aryl methyl sites for hydroxylation is 3. The molecule has 1 amide bonds. The Morgan fingerprint density at radius 1 is 1.19 bits per heavy atom. The van der Waals surface area contributed by atoms with Crippen LogP contribution >= 0.6 is 0 Å². The zero-order chi connectivity index (χ0) is 19.6. The van der Waals surface area contributed by atoms with Gasteiger partial charge in [0, 0.05) is 25.9 Å². The van der Waals surface area contributed by atoms with Crippen LogP contribution in [0.1, 0.15) is 54.9 Å². The Hall–Kier alpha value is -2.01. The van der Waals surface area contributed by atoms with E-state index in [4.69, 9.17) is 4.74 Å². The number of hydrogen-bond donors (Lipinski definition) is 1. The van der Waals surface area contributed by atoms with Crippen molar-refractivity contribution in [1.82, 2.24) is 5.32 Å². The molecule has 0 saturated heterocycles. The molecule has 2 unspecified atom stereocenters. The summed E-state index contributed by atoms with van der Waals surface area (Å²) in [7, 11) is 1.57. The van der Waals surface area contributed by atoms with E-state index in [1.54, 1.807) is 7.11 Å². The average molecular weight is 359 g/mol. The fraction of sp³-hybridized carbons (Fsp3) is 0.571. The smallest absolute Gasteiger partial charge is 0.221 e. The molecule has 1 aromatic carbocycles. The normalized spacial score (nSPS) is 20.5. The van der Waals surface area contributed by atoms with Gasteiger partial charge < -0.3 is 10.1 Å². The maximum atomic E-state index is 12.9. The van der Waals surface area contributed by atoms with Gasteiger partial charge in [-0.05, 0) is 51.3 Å². The third kappa shape index (κ3) is 4.39. The van der Waals surface area contributed by atoms with Gasteiger partial charge in [0.25, 0.3) is 0 Å². The van der Waals surface area contributed by atoms with Gasteiger partial charge in [-0.15, -0.1) is 0 Å². The lowest BCUT2D eigenvalue weighted by Crippen LogP contribution is -2.47. The fourth-order valence-corrected chi connectivity index (χ4v) is 4.03. The van der Waals surface area contributed by atoms with E-state index in [9.17, 15) is 14.4 Å². The minimum Gasteiger partial charge on any atom is -0.382 e. The molecule has 0 spiro atoms. The molecule has 142 valence electrons. The number of benzene rings is 1. The summed E-state index contributed by atoms with van der Waals surface area (Å²) >= 11 is 0. The van der Waals surface area contributed by atoms with Crippen molar-refractivity contribution in [2.75, 3.05) is 13.7 Å². The van der Waals surface area contributed by atoms with Crippen LogP contribution in [-0.4, -0.2) is 36.7 Å². The van der Waals surface area contributed by atoms with Crippen molar-refractivity contribution in [3.8, 4) is 0 Å². The van der Waals surface area contributed by atoms with Gasteiger partial charge in [-0.1, -0.05) is 17.7 Å². The van der Waals surface area contributed by atoms with Crippen molar-refractivity contribution in [3.05, 3.63) is 34.4 Å². The van der Waals surface area contributed by atoms with Crippen LogP contribution in [0.2, 0.25) is 0 Å². The van der Waals surface area contributed by atoms with Gasteiger partial charge in [0.2, 0.25) is 5.91 Å². The van der Waals surface area contributed by atoms with Crippen molar-refractivity contribution >= 4 is 17.5 Å². The van der Waals surface area contributed by atoms with Crippen LogP contribution in [0.15, 0.2) is 12.1 Å². The molecular weight excluding hydrogens is 330 g/mol. The lowest BCUT2D eigenvalue weighted by Gasteiger charge is -2.25. The quantitative estimate of drug-likeness (QED) is 0.793. The molecule has 2 atom stereocenters. The van der Waals surface area contributed by atoms with E-state index in [0.29, 0.717) is 6.61 Å². The number of ketones is 2. The van der Waals surface area contributed by atoms with E-state index in [2.05, 4.69) is 5.32 Å². The predicted octanol–water partition coefficient (Wildman–Crippen LogP) is 2.78. The van der Waals surface area contributed by atoms with Gasteiger partial charge >= 0.3 is 0 Å². The maximum Gasteiger partial charge on any atom is 0.221 e. The first-order valence-electron chi connectivity index (χ1n) is 9.00. The van der Waals surface area contributed by atoms with Crippen molar-refractivity contribution in [3.63, 3.8) is 0 Å². The third-order valence-electron chi connectivity index (χ3n) is 4.90. The summed E-state index contributed by atoms with van der Waals surface area (Å²) in [6.45, 7) is 9.96. The molecule has 2 rings (SSSR count). The fourth-order valence-electron chi connectivity index (χ4n) is 4.03. The highest BCUT2D eigenvalue weighted by Crippen LogP contribution is 2.37. The van der Waals surface area contributed by atoms with Gasteiger partial charge in [-0.2, -0.15) is 0 Å². The van der Waals surface area contributed by atoms with Crippen LogP contribution < -0.4 is 5.32 Å². The molecule has 1 saturated carbocycles. The van der Waals surface area contributed by atoms with Crippen LogP contribution in [0.25, 0.3) is 0 Å². The first-order valence-corrected chi connectivity index (χ1v) is 9.00. The first kappa shape index (κ1) is 20.3. The van der Waals surface area contributed by atoms with E-state index in [1.807, 2.05) is 46.8 Å². The lowest BCUT2D eigenvalue weighted by molar-refractivity contribution is -0.129. The lowest BCUT2D eigenvalue weighted by atomic mass is 9.86. The maximum absolute atomic E-state index is 12.9. The van der Waals surface area contributed by atoms with E-state index in [0.717, 1.165) is 22.3 Å². The molecule has 0 heterocycles. The highest BCUT2D eigenvalue weighted by Gasteiger charge is 2.44. The predicted molar refractivity (Wildman–Crippen MR) is 100 cm³/mol. The van der Waals surface area contributed by atoms with Gasteiger partial charge in [0.05, 0.1) is 12.1 Å². The number of hydrogen-bond acceptors (Lipinski definition) is 4. The highest BCUT2D eigenvalue weighted by molar-refractivity contribution is 6.15. The number of nitrogens with one attached hydrogen (secondary N) is 1. The monoisotopic (exact) mass is 359 g/mol. The molecule has 0 radical (unpaired) electrons. The Balaban J connectivity index is 2.16. The molecule has 1 N–H and O–H groups in total. The molecule has 0 aromatic heterocycles. The SMILES string of the molecule is COCC(C)(C)NC(=O)CC1CC(=O)C(c2c(C)cc(C)cc2C)C1=O. The second-order valence-corrected chi connectivity index (χ2v) is 8.08. The average Bonchev–Trinajstić information content (AvgIpc) is 2.73. The van der Waals surface area contributed by atoms with Gasteiger partial charge in [0.1, 0.15) is 11.7 Å². The van der Waals surface area contributed by atoms with Crippen LogP contribution in [0.4, 0.5) is 0 Å². The molecule has 0 bridgehead atoms.